The Kier molecular flexibility index (Phi) is 5.99. The fraction of sp³-hybridized carbons (Fsp3) is 0.417. The van der Waals surface area contributed by atoms with Crippen LogP contribution < -0.4 is 4.74 Å². The summed E-state index contributed by atoms with van der Waals surface area (Å²) in [4.78, 5) is 14.1. The van der Waals surface area contributed by atoms with Crippen LogP contribution in [-0.2, 0) is 30.9 Å². The Hall–Kier alpha value is -3.23. The highest BCUT2D eigenvalue weighted by atomic mass is 19.4. The minimum Gasteiger partial charge on any atom is -0.489 e. The zero-order valence-corrected chi connectivity index (χ0v) is 18.8. The Balaban J connectivity index is 1.44. The van der Waals surface area contributed by atoms with E-state index in [9.17, 15) is 18.0 Å². The van der Waals surface area contributed by atoms with Crippen LogP contribution in [0, 0.1) is 0 Å². The van der Waals surface area contributed by atoms with Crippen molar-refractivity contribution < 1.29 is 27.4 Å². The standard InChI is InChI=1S/C24H26F3N3O3/c1-23(2,3)33-22(31)29-9-8-17-6-7-20(11-19(17)13-29)32-14-16-4-5-18-12-28-30(21(18)10-16)15-24(25,26)27/h4-7,10-12H,8-9,13-15H2,1-3H3. The molecule has 0 atom stereocenters. The highest BCUT2D eigenvalue weighted by molar-refractivity contribution is 5.79. The summed E-state index contributed by atoms with van der Waals surface area (Å²) >= 11 is 0. The number of carbonyl (C=O) groups is 1. The van der Waals surface area contributed by atoms with Crippen molar-refractivity contribution in [3.8, 4) is 5.75 Å². The lowest BCUT2D eigenvalue weighted by Crippen LogP contribution is -2.39. The van der Waals surface area contributed by atoms with E-state index in [0.29, 0.717) is 29.7 Å². The smallest absolute Gasteiger partial charge is 0.410 e. The molecule has 1 aliphatic rings. The first kappa shape index (κ1) is 22.9. The fourth-order valence-electron chi connectivity index (χ4n) is 3.77. The molecule has 2 aromatic carbocycles. The van der Waals surface area contributed by atoms with Gasteiger partial charge >= 0.3 is 12.3 Å². The maximum atomic E-state index is 12.8. The Morgan fingerprint density at radius 3 is 2.61 bits per heavy atom. The Labute approximate surface area is 189 Å². The number of aromatic nitrogens is 2. The van der Waals surface area contributed by atoms with Crippen molar-refractivity contribution in [2.45, 2.75) is 58.7 Å². The van der Waals surface area contributed by atoms with E-state index in [1.165, 1.54) is 6.20 Å². The molecule has 33 heavy (non-hydrogen) atoms. The van der Waals surface area contributed by atoms with E-state index in [0.717, 1.165) is 27.8 Å². The summed E-state index contributed by atoms with van der Waals surface area (Å²) in [5.74, 6) is 0.628. The van der Waals surface area contributed by atoms with Gasteiger partial charge in [-0.3, -0.25) is 4.68 Å². The van der Waals surface area contributed by atoms with E-state index in [2.05, 4.69) is 5.10 Å². The van der Waals surface area contributed by atoms with E-state index in [1.807, 2.05) is 45.0 Å². The monoisotopic (exact) mass is 461 g/mol. The maximum absolute atomic E-state index is 12.8. The molecule has 0 bridgehead atoms. The van der Waals surface area contributed by atoms with Gasteiger partial charge in [0.25, 0.3) is 0 Å². The van der Waals surface area contributed by atoms with Crippen LogP contribution >= 0.6 is 0 Å². The Morgan fingerprint density at radius 1 is 1.09 bits per heavy atom. The molecule has 1 aliphatic heterocycles. The first-order chi connectivity index (χ1) is 15.5. The molecule has 0 saturated carbocycles. The molecule has 6 nitrogen and oxygen atoms in total. The number of alkyl halides is 3. The van der Waals surface area contributed by atoms with E-state index < -0.39 is 18.3 Å². The van der Waals surface area contributed by atoms with E-state index in [4.69, 9.17) is 9.47 Å². The highest BCUT2D eigenvalue weighted by Crippen LogP contribution is 2.27. The molecule has 1 aromatic heterocycles. The lowest BCUT2D eigenvalue weighted by Gasteiger charge is -2.31. The molecular formula is C24H26F3N3O3. The molecule has 4 rings (SSSR count). The van der Waals surface area contributed by atoms with Crippen LogP contribution in [0.25, 0.3) is 10.9 Å². The second-order valence-corrected chi connectivity index (χ2v) is 9.18. The molecule has 0 aliphatic carbocycles. The Bertz CT molecular complexity index is 1170. The van der Waals surface area contributed by atoms with Gasteiger partial charge in [-0.25, -0.2) is 4.79 Å². The summed E-state index contributed by atoms with van der Waals surface area (Å²) in [6.07, 6.45) is -2.54. The van der Waals surface area contributed by atoms with Crippen LogP contribution in [0.1, 0.15) is 37.5 Å². The van der Waals surface area contributed by atoms with E-state index in [1.54, 1.807) is 17.0 Å². The first-order valence-electron chi connectivity index (χ1n) is 10.7. The summed E-state index contributed by atoms with van der Waals surface area (Å²) in [6, 6.07) is 11.0. The van der Waals surface area contributed by atoms with Gasteiger partial charge in [0.15, 0.2) is 0 Å². The van der Waals surface area contributed by atoms with Gasteiger partial charge in [0.1, 0.15) is 24.5 Å². The highest BCUT2D eigenvalue weighted by Gasteiger charge is 2.29. The molecule has 1 amide bonds. The number of rotatable bonds is 4. The molecule has 0 fully saturated rings. The second-order valence-electron chi connectivity index (χ2n) is 9.18. The minimum atomic E-state index is -4.35. The molecule has 2 heterocycles. The van der Waals surface area contributed by atoms with E-state index in [-0.39, 0.29) is 12.7 Å². The third kappa shape index (κ3) is 5.77. The summed E-state index contributed by atoms with van der Waals surface area (Å²) in [5, 5.41) is 4.48. The Morgan fingerprint density at radius 2 is 1.88 bits per heavy atom. The fourth-order valence-corrected chi connectivity index (χ4v) is 3.77. The average Bonchev–Trinajstić information content (AvgIpc) is 3.11. The third-order valence-electron chi connectivity index (χ3n) is 5.29. The predicted molar refractivity (Wildman–Crippen MR) is 117 cm³/mol. The SMILES string of the molecule is CC(C)(C)OC(=O)N1CCc2ccc(OCc3ccc4cnn(CC(F)(F)F)c4c3)cc2C1. The van der Waals surface area contributed by atoms with Gasteiger partial charge in [0, 0.05) is 18.5 Å². The number of fused-ring (bicyclic) bond motifs is 2. The van der Waals surface area contributed by atoms with Crippen molar-refractivity contribution in [1.29, 1.82) is 0 Å². The lowest BCUT2D eigenvalue weighted by atomic mass is 10.00. The molecular weight excluding hydrogens is 435 g/mol. The third-order valence-corrected chi connectivity index (χ3v) is 5.29. The van der Waals surface area contributed by atoms with Crippen LogP contribution in [-0.4, -0.2) is 39.1 Å². The van der Waals surface area contributed by atoms with Crippen molar-refractivity contribution in [2.75, 3.05) is 6.54 Å². The van der Waals surface area contributed by atoms with Crippen molar-refractivity contribution in [1.82, 2.24) is 14.7 Å². The first-order valence-corrected chi connectivity index (χ1v) is 10.7. The average molecular weight is 461 g/mol. The van der Waals surface area contributed by atoms with Crippen molar-refractivity contribution in [2.24, 2.45) is 0 Å². The number of amides is 1. The molecule has 176 valence electrons. The van der Waals surface area contributed by atoms with Crippen molar-refractivity contribution in [3.63, 3.8) is 0 Å². The van der Waals surface area contributed by atoms with Gasteiger partial charge in [0.05, 0.1) is 11.7 Å². The molecule has 0 unspecified atom stereocenters. The normalized spacial score (nSPS) is 14.3. The van der Waals surface area contributed by atoms with Crippen LogP contribution in [0.5, 0.6) is 5.75 Å². The summed E-state index contributed by atoms with van der Waals surface area (Å²) < 4.78 is 50.7. The zero-order chi connectivity index (χ0) is 23.8. The predicted octanol–water partition coefficient (Wildman–Crippen LogP) is 5.47. The molecule has 0 spiro atoms. The molecule has 9 heteroatoms. The van der Waals surface area contributed by atoms with E-state index >= 15 is 0 Å². The van der Waals surface area contributed by atoms with Crippen LogP contribution in [0.15, 0.2) is 42.6 Å². The number of benzene rings is 2. The number of ether oxygens (including phenoxy) is 2. The van der Waals surface area contributed by atoms with Crippen molar-refractivity contribution in [3.05, 3.63) is 59.3 Å². The summed E-state index contributed by atoms with van der Waals surface area (Å²) in [7, 11) is 0. The molecule has 0 N–H and O–H groups in total. The van der Waals surface area contributed by atoms with Gasteiger partial charge in [-0.15, -0.1) is 0 Å². The summed E-state index contributed by atoms with van der Waals surface area (Å²) in [5.41, 5.74) is 2.73. The second kappa shape index (κ2) is 8.61. The topological polar surface area (TPSA) is 56.6 Å². The molecule has 0 saturated heterocycles. The number of hydrogen-bond donors (Lipinski definition) is 0. The molecule has 0 radical (unpaired) electrons. The van der Waals surface area contributed by atoms with Gasteiger partial charge in [-0.1, -0.05) is 18.2 Å². The number of nitrogens with zero attached hydrogens (tertiary/aromatic N) is 3. The minimum absolute atomic E-state index is 0.196. The molecule has 3 aromatic rings. The lowest BCUT2D eigenvalue weighted by molar-refractivity contribution is -0.141. The summed E-state index contributed by atoms with van der Waals surface area (Å²) in [6.45, 7) is 5.59. The zero-order valence-electron chi connectivity index (χ0n) is 18.8. The number of hydrogen-bond acceptors (Lipinski definition) is 4. The van der Waals surface area contributed by atoms with Crippen LogP contribution in [0.2, 0.25) is 0 Å². The van der Waals surface area contributed by atoms with Gasteiger partial charge in [0.2, 0.25) is 0 Å². The number of carbonyl (C=O) groups excluding carboxylic acids is 1. The quantitative estimate of drug-likeness (QED) is 0.517. The van der Waals surface area contributed by atoms with Gasteiger partial charge in [-0.05, 0) is 62.1 Å². The van der Waals surface area contributed by atoms with Gasteiger partial charge in [-0.2, -0.15) is 18.3 Å². The van der Waals surface area contributed by atoms with Crippen molar-refractivity contribution >= 4 is 17.0 Å². The van der Waals surface area contributed by atoms with Crippen LogP contribution in [0.3, 0.4) is 0 Å². The number of halogens is 3. The van der Waals surface area contributed by atoms with Crippen LogP contribution in [0.4, 0.5) is 18.0 Å². The largest absolute Gasteiger partial charge is 0.489 e. The maximum Gasteiger partial charge on any atom is 0.410 e. The van der Waals surface area contributed by atoms with Gasteiger partial charge < -0.3 is 14.4 Å².